The second-order valence-corrected chi connectivity index (χ2v) is 5.59. The van der Waals surface area contributed by atoms with E-state index in [2.05, 4.69) is 5.32 Å². The van der Waals surface area contributed by atoms with Crippen LogP contribution >= 0.6 is 0 Å². The summed E-state index contributed by atoms with van der Waals surface area (Å²) in [6, 6.07) is 5.39. The van der Waals surface area contributed by atoms with Crippen molar-refractivity contribution in [3.63, 3.8) is 0 Å². The number of nitrogens with one attached hydrogen (secondary N) is 1. The predicted octanol–water partition coefficient (Wildman–Crippen LogP) is 4.32. The second-order valence-electron chi connectivity index (χ2n) is 5.59. The molecule has 2 rings (SSSR count). The van der Waals surface area contributed by atoms with Crippen molar-refractivity contribution in [1.82, 2.24) is 5.32 Å². The Bertz CT molecular complexity index is 463. The molecule has 0 bridgehead atoms. The monoisotopic (exact) mass is 301 g/mol. The Morgan fingerprint density at radius 3 is 2.43 bits per heavy atom. The van der Waals surface area contributed by atoms with Crippen LogP contribution in [-0.2, 0) is 10.9 Å². The van der Waals surface area contributed by atoms with Crippen LogP contribution in [0.25, 0.3) is 0 Å². The highest BCUT2D eigenvalue weighted by Gasteiger charge is 2.47. The van der Waals surface area contributed by atoms with Crippen molar-refractivity contribution in [3.05, 3.63) is 35.4 Å². The molecule has 0 radical (unpaired) electrons. The fourth-order valence-electron chi connectivity index (χ4n) is 3.01. The van der Waals surface area contributed by atoms with E-state index < -0.39 is 23.4 Å². The van der Waals surface area contributed by atoms with E-state index in [1.807, 2.05) is 6.92 Å². The summed E-state index contributed by atoms with van der Waals surface area (Å²) >= 11 is 0. The standard InChI is InChI=1S/C16H22F3NO/c1-3-11-20-14(15(21-2)9-6-10-15)12-7-4-5-8-13(12)16(17,18)19/h4-5,7-8,14,20H,3,6,9-11H2,1-2H3. The van der Waals surface area contributed by atoms with E-state index in [0.717, 1.165) is 31.7 Å². The minimum Gasteiger partial charge on any atom is -0.376 e. The lowest BCUT2D eigenvalue weighted by atomic mass is 9.71. The first-order valence-electron chi connectivity index (χ1n) is 7.39. The van der Waals surface area contributed by atoms with Gasteiger partial charge in [-0.3, -0.25) is 0 Å². The largest absolute Gasteiger partial charge is 0.416 e. The molecule has 0 aromatic heterocycles. The van der Waals surface area contributed by atoms with Gasteiger partial charge in [0.05, 0.1) is 17.2 Å². The van der Waals surface area contributed by atoms with Crippen LogP contribution < -0.4 is 5.32 Å². The first-order valence-corrected chi connectivity index (χ1v) is 7.39. The zero-order chi connectivity index (χ0) is 15.5. The van der Waals surface area contributed by atoms with E-state index in [1.165, 1.54) is 6.07 Å². The van der Waals surface area contributed by atoms with Gasteiger partial charge in [0, 0.05) is 7.11 Å². The van der Waals surface area contributed by atoms with Crippen LogP contribution in [0.5, 0.6) is 0 Å². The molecule has 1 unspecified atom stereocenters. The van der Waals surface area contributed by atoms with Crippen molar-refractivity contribution in [3.8, 4) is 0 Å². The van der Waals surface area contributed by atoms with Gasteiger partial charge in [0.15, 0.2) is 0 Å². The molecule has 0 spiro atoms. The minimum absolute atomic E-state index is 0.292. The average molecular weight is 301 g/mol. The normalized spacial score (nSPS) is 19.1. The summed E-state index contributed by atoms with van der Waals surface area (Å²) in [6.45, 7) is 2.67. The molecule has 2 nitrogen and oxygen atoms in total. The Morgan fingerprint density at radius 2 is 1.95 bits per heavy atom. The summed E-state index contributed by atoms with van der Waals surface area (Å²) in [4.78, 5) is 0. The summed E-state index contributed by atoms with van der Waals surface area (Å²) < 4.78 is 45.5. The molecule has 1 N–H and O–H groups in total. The van der Waals surface area contributed by atoms with Gasteiger partial charge in [0.2, 0.25) is 0 Å². The lowest BCUT2D eigenvalue weighted by Crippen LogP contribution is -2.51. The maximum absolute atomic E-state index is 13.3. The summed E-state index contributed by atoms with van der Waals surface area (Å²) in [5.74, 6) is 0. The summed E-state index contributed by atoms with van der Waals surface area (Å²) in [5.41, 5.74) is -0.793. The zero-order valence-corrected chi connectivity index (χ0v) is 12.5. The quantitative estimate of drug-likeness (QED) is 0.845. The SMILES string of the molecule is CCCNC(c1ccccc1C(F)(F)F)C1(OC)CCC1. The van der Waals surface area contributed by atoms with Gasteiger partial charge in [-0.2, -0.15) is 13.2 Å². The van der Waals surface area contributed by atoms with Gasteiger partial charge in [-0.15, -0.1) is 0 Å². The third-order valence-electron chi connectivity index (χ3n) is 4.31. The van der Waals surface area contributed by atoms with E-state index in [-0.39, 0.29) is 0 Å². The van der Waals surface area contributed by atoms with E-state index in [1.54, 1.807) is 19.2 Å². The molecule has 5 heteroatoms. The third-order valence-corrected chi connectivity index (χ3v) is 4.31. The smallest absolute Gasteiger partial charge is 0.376 e. The fraction of sp³-hybridized carbons (Fsp3) is 0.625. The third kappa shape index (κ3) is 3.24. The number of benzene rings is 1. The Hall–Kier alpha value is -1.07. The van der Waals surface area contributed by atoms with Crippen LogP contribution in [0, 0.1) is 0 Å². The van der Waals surface area contributed by atoms with Crippen LogP contribution in [0.3, 0.4) is 0 Å². The number of hydrogen-bond donors (Lipinski definition) is 1. The van der Waals surface area contributed by atoms with Crippen LogP contribution in [0.4, 0.5) is 13.2 Å². The van der Waals surface area contributed by atoms with Gasteiger partial charge in [-0.05, 0) is 43.9 Å². The Morgan fingerprint density at radius 1 is 1.29 bits per heavy atom. The van der Waals surface area contributed by atoms with Crippen LogP contribution in [0.1, 0.15) is 49.8 Å². The Balaban J connectivity index is 2.42. The minimum atomic E-state index is -4.35. The van der Waals surface area contributed by atoms with Gasteiger partial charge in [-0.25, -0.2) is 0 Å². The Labute approximate surface area is 123 Å². The van der Waals surface area contributed by atoms with E-state index in [4.69, 9.17) is 4.74 Å². The number of methoxy groups -OCH3 is 1. The molecule has 1 aliphatic rings. The summed E-state index contributed by atoms with van der Waals surface area (Å²) in [5, 5.41) is 3.27. The maximum atomic E-state index is 13.3. The predicted molar refractivity (Wildman–Crippen MR) is 76.1 cm³/mol. The molecule has 1 saturated carbocycles. The lowest BCUT2D eigenvalue weighted by molar-refractivity contribution is -0.141. The number of halogens is 3. The molecule has 1 atom stereocenters. The number of alkyl halides is 3. The lowest BCUT2D eigenvalue weighted by Gasteiger charge is -2.47. The number of ether oxygens (including phenoxy) is 1. The molecule has 0 amide bonds. The number of rotatable bonds is 6. The molecular formula is C16H22F3NO. The molecule has 1 aliphatic carbocycles. The molecule has 118 valence electrons. The average Bonchev–Trinajstić information content (AvgIpc) is 2.41. The topological polar surface area (TPSA) is 21.3 Å². The van der Waals surface area contributed by atoms with Gasteiger partial charge in [0.25, 0.3) is 0 Å². The maximum Gasteiger partial charge on any atom is 0.416 e. The van der Waals surface area contributed by atoms with Crippen molar-refractivity contribution >= 4 is 0 Å². The molecular weight excluding hydrogens is 279 g/mol. The highest BCUT2D eigenvalue weighted by molar-refractivity contribution is 5.35. The number of hydrogen-bond acceptors (Lipinski definition) is 2. The second kappa shape index (κ2) is 6.36. The molecule has 1 aromatic carbocycles. The first kappa shape index (κ1) is 16.3. The molecule has 0 saturated heterocycles. The summed E-state index contributed by atoms with van der Waals surface area (Å²) in [7, 11) is 1.59. The van der Waals surface area contributed by atoms with Gasteiger partial charge < -0.3 is 10.1 Å². The van der Waals surface area contributed by atoms with Crippen molar-refractivity contribution in [2.75, 3.05) is 13.7 Å². The van der Waals surface area contributed by atoms with Crippen LogP contribution in [0.2, 0.25) is 0 Å². The van der Waals surface area contributed by atoms with E-state index in [9.17, 15) is 13.2 Å². The van der Waals surface area contributed by atoms with Gasteiger partial charge in [-0.1, -0.05) is 25.1 Å². The molecule has 1 fully saturated rings. The van der Waals surface area contributed by atoms with Crippen molar-refractivity contribution < 1.29 is 17.9 Å². The van der Waals surface area contributed by atoms with E-state index >= 15 is 0 Å². The van der Waals surface area contributed by atoms with Crippen molar-refractivity contribution in [2.45, 2.75) is 50.4 Å². The first-order chi connectivity index (χ1) is 9.94. The van der Waals surface area contributed by atoms with Crippen molar-refractivity contribution in [2.24, 2.45) is 0 Å². The van der Waals surface area contributed by atoms with Crippen molar-refractivity contribution in [1.29, 1.82) is 0 Å². The Kier molecular flexibility index (Phi) is 4.94. The highest BCUT2D eigenvalue weighted by Crippen LogP contribution is 2.47. The fourth-order valence-corrected chi connectivity index (χ4v) is 3.01. The van der Waals surface area contributed by atoms with Crippen LogP contribution in [0.15, 0.2) is 24.3 Å². The van der Waals surface area contributed by atoms with E-state index in [0.29, 0.717) is 12.1 Å². The van der Waals surface area contributed by atoms with Crippen LogP contribution in [-0.4, -0.2) is 19.3 Å². The molecule has 0 heterocycles. The molecule has 0 aliphatic heterocycles. The van der Waals surface area contributed by atoms with Gasteiger partial charge in [0.1, 0.15) is 0 Å². The zero-order valence-electron chi connectivity index (χ0n) is 12.5. The van der Waals surface area contributed by atoms with Gasteiger partial charge >= 0.3 is 6.18 Å². The summed E-state index contributed by atoms with van der Waals surface area (Å²) in [6.07, 6.45) is -0.910. The molecule has 1 aromatic rings. The molecule has 21 heavy (non-hydrogen) atoms. The highest BCUT2D eigenvalue weighted by atomic mass is 19.4.